The van der Waals surface area contributed by atoms with E-state index in [1.807, 2.05) is 0 Å². The summed E-state index contributed by atoms with van der Waals surface area (Å²) in [7, 11) is -3.61. The number of thiophene rings is 1. The number of carboxylic acids is 1. The van der Waals surface area contributed by atoms with E-state index in [0.29, 0.717) is 12.8 Å². The van der Waals surface area contributed by atoms with Gasteiger partial charge in [0.2, 0.25) is 10.0 Å². The molecule has 0 aromatic carbocycles. The van der Waals surface area contributed by atoms with Crippen molar-refractivity contribution < 1.29 is 18.3 Å². The standard InChI is InChI=1S/C10H12BrNO4S2/c1-6-4-7(17-8(6)11)18(15,16)12-5-10(2-3-10)9(13)14/h4,12H,2-3,5H2,1H3,(H,13,14). The van der Waals surface area contributed by atoms with Crippen LogP contribution >= 0.6 is 27.3 Å². The molecule has 0 aliphatic heterocycles. The number of carboxylic acid groups (broad SMARTS) is 1. The van der Waals surface area contributed by atoms with Crippen LogP contribution in [0.4, 0.5) is 0 Å². The summed E-state index contributed by atoms with van der Waals surface area (Å²) in [5, 5.41) is 8.98. The van der Waals surface area contributed by atoms with Crippen molar-refractivity contribution in [2.75, 3.05) is 6.54 Å². The molecule has 1 fully saturated rings. The average Bonchev–Trinajstić information content (AvgIpc) is 2.99. The maximum atomic E-state index is 12.0. The minimum atomic E-state index is -3.61. The molecule has 100 valence electrons. The van der Waals surface area contributed by atoms with Gasteiger partial charge in [-0.15, -0.1) is 11.3 Å². The second-order valence-corrected chi connectivity index (χ2v) is 8.80. The molecule has 0 spiro atoms. The summed E-state index contributed by atoms with van der Waals surface area (Å²) in [4.78, 5) is 11.0. The summed E-state index contributed by atoms with van der Waals surface area (Å²) in [6.45, 7) is 1.76. The fourth-order valence-corrected chi connectivity index (χ4v) is 4.88. The Hall–Kier alpha value is -0.440. The third-order valence-electron chi connectivity index (χ3n) is 3.01. The van der Waals surface area contributed by atoms with E-state index in [0.717, 1.165) is 20.7 Å². The molecule has 1 aliphatic carbocycles. The average molecular weight is 354 g/mol. The predicted octanol–water partition coefficient (Wildman–Crippen LogP) is 1.96. The second-order valence-electron chi connectivity index (χ2n) is 4.43. The first-order valence-corrected chi connectivity index (χ1v) is 8.35. The maximum Gasteiger partial charge on any atom is 0.310 e. The van der Waals surface area contributed by atoms with Crippen LogP contribution in [0.15, 0.2) is 14.1 Å². The van der Waals surface area contributed by atoms with Gasteiger partial charge in [-0.3, -0.25) is 4.79 Å². The summed E-state index contributed by atoms with van der Waals surface area (Å²) in [5.74, 6) is -0.936. The van der Waals surface area contributed by atoms with Crippen molar-refractivity contribution >= 4 is 43.3 Å². The summed E-state index contributed by atoms with van der Waals surface area (Å²) >= 11 is 4.39. The van der Waals surface area contributed by atoms with E-state index in [1.54, 1.807) is 13.0 Å². The van der Waals surface area contributed by atoms with Gasteiger partial charge in [-0.1, -0.05) is 0 Å². The molecule has 1 aromatic rings. The normalized spacial score (nSPS) is 17.7. The monoisotopic (exact) mass is 353 g/mol. The molecular weight excluding hydrogens is 342 g/mol. The zero-order chi connectivity index (χ0) is 13.6. The molecule has 1 aliphatic rings. The van der Waals surface area contributed by atoms with Crippen molar-refractivity contribution in [1.82, 2.24) is 4.72 Å². The number of hydrogen-bond acceptors (Lipinski definition) is 4. The van der Waals surface area contributed by atoms with Gasteiger partial charge in [0.15, 0.2) is 0 Å². The van der Waals surface area contributed by atoms with Crippen molar-refractivity contribution in [2.24, 2.45) is 5.41 Å². The van der Waals surface area contributed by atoms with E-state index in [4.69, 9.17) is 5.11 Å². The SMILES string of the molecule is Cc1cc(S(=O)(=O)NCC2(C(=O)O)CC2)sc1Br. The molecule has 1 heterocycles. The number of aryl methyl sites for hydroxylation is 1. The van der Waals surface area contributed by atoms with Crippen LogP contribution in [0.5, 0.6) is 0 Å². The Morgan fingerprint density at radius 2 is 2.22 bits per heavy atom. The van der Waals surface area contributed by atoms with Crippen LogP contribution in [-0.4, -0.2) is 26.0 Å². The van der Waals surface area contributed by atoms with Crippen molar-refractivity contribution in [1.29, 1.82) is 0 Å². The van der Waals surface area contributed by atoms with E-state index in [1.165, 1.54) is 0 Å². The molecule has 8 heteroatoms. The van der Waals surface area contributed by atoms with Crippen LogP contribution in [-0.2, 0) is 14.8 Å². The maximum absolute atomic E-state index is 12.0. The minimum absolute atomic E-state index is 0.0424. The van der Waals surface area contributed by atoms with Crippen molar-refractivity contribution in [3.05, 3.63) is 15.4 Å². The molecule has 1 saturated carbocycles. The molecule has 0 unspecified atom stereocenters. The molecule has 2 rings (SSSR count). The lowest BCUT2D eigenvalue weighted by atomic mass is 10.1. The van der Waals surface area contributed by atoms with E-state index in [2.05, 4.69) is 20.7 Å². The first-order chi connectivity index (χ1) is 8.27. The van der Waals surface area contributed by atoms with Gasteiger partial charge >= 0.3 is 5.97 Å². The van der Waals surface area contributed by atoms with Crippen molar-refractivity contribution in [2.45, 2.75) is 24.0 Å². The number of halogens is 1. The van der Waals surface area contributed by atoms with Gasteiger partial charge in [0.25, 0.3) is 0 Å². The fraction of sp³-hybridized carbons (Fsp3) is 0.500. The van der Waals surface area contributed by atoms with Crippen LogP contribution in [0.2, 0.25) is 0 Å². The topological polar surface area (TPSA) is 83.5 Å². The highest BCUT2D eigenvalue weighted by molar-refractivity contribution is 9.11. The quantitative estimate of drug-likeness (QED) is 0.847. The first kappa shape index (κ1) is 14.0. The molecule has 0 bridgehead atoms. The highest BCUT2D eigenvalue weighted by atomic mass is 79.9. The lowest BCUT2D eigenvalue weighted by Crippen LogP contribution is -2.33. The first-order valence-electron chi connectivity index (χ1n) is 5.26. The van der Waals surface area contributed by atoms with E-state index < -0.39 is 21.4 Å². The Balaban J connectivity index is 2.11. The van der Waals surface area contributed by atoms with Crippen LogP contribution in [0.3, 0.4) is 0 Å². The van der Waals surface area contributed by atoms with Gasteiger partial charge in [0.1, 0.15) is 4.21 Å². The Labute approximate surface area is 117 Å². The molecular formula is C10H12BrNO4S2. The number of rotatable bonds is 5. The molecule has 0 saturated heterocycles. The summed E-state index contributed by atoms with van der Waals surface area (Å²) in [6.07, 6.45) is 1.05. The highest BCUT2D eigenvalue weighted by Gasteiger charge is 2.50. The van der Waals surface area contributed by atoms with E-state index >= 15 is 0 Å². The van der Waals surface area contributed by atoms with Crippen molar-refractivity contribution in [3.8, 4) is 0 Å². The van der Waals surface area contributed by atoms with Gasteiger partial charge in [0.05, 0.1) is 9.20 Å². The third-order valence-corrected chi connectivity index (χ3v) is 7.02. The van der Waals surface area contributed by atoms with Crippen LogP contribution < -0.4 is 4.72 Å². The number of sulfonamides is 1. The molecule has 0 amide bonds. The summed E-state index contributed by atoms with van der Waals surface area (Å²) in [6, 6.07) is 1.57. The summed E-state index contributed by atoms with van der Waals surface area (Å²) in [5.41, 5.74) is -0.0453. The van der Waals surface area contributed by atoms with Crippen LogP contribution in [0.25, 0.3) is 0 Å². The predicted molar refractivity (Wildman–Crippen MR) is 71.2 cm³/mol. The number of nitrogens with one attached hydrogen (secondary N) is 1. The Bertz CT molecular complexity index is 570. The Morgan fingerprint density at radius 3 is 2.61 bits per heavy atom. The Kier molecular flexibility index (Phi) is 3.56. The van der Waals surface area contributed by atoms with Gasteiger partial charge < -0.3 is 5.11 Å². The van der Waals surface area contributed by atoms with Gasteiger partial charge in [-0.2, -0.15) is 0 Å². The molecule has 18 heavy (non-hydrogen) atoms. The van der Waals surface area contributed by atoms with Gasteiger partial charge in [-0.25, -0.2) is 13.1 Å². The van der Waals surface area contributed by atoms with E-state index in [9.17, 15) is 13.2 Å². The van der Waals surface area contributed by atoms with Gasteiger partial charge in [0, 0.05) is 6.54 Å². The minimum Gasteiger partial charge on any atom is -0.481 e. The van der Waals surface area contributed by atoms with Gasteiger partial charge in [-0.05, 0) is 47.3 Å². The molecule has 2 N–H and O–H groups in total. The third kappa shape index (κ3) is 2.61. The lowest BCUT2D eigenvalue weighted by molar-refractivity contribution is -0.143. The van der Waals surface area contributed by atoms with Crippen LogP contribution in [0.1, 0.15) is 18.4 Å². The molecule has 1 aromatic heterocycles. The largest absolute Gasteiger partial charge is 0.481 e. The highest BCUT2D eigenvalue weighted by Crippen LogP contribution is 2.45. The summed E-state index contributed by atoms with van der Waals surface area (Å²) < 4.78 is 27.3. The van der Waals surface area contributed by atoms with Crippen LogP contribution in [0, 0.1) is 12.3 Å². The molecule has 5 nitrogen and oxygen atoms in total. The number of carbonyl (C=O) groups is 1. The van der Waals surface area contributed by atoms with E-state index in [-0.39, 0.29) is 10.8 Å². The molecule has 0 radical (unpaired) electrons. The zero-order valence-corrected chi connectivity index (χ0v) is 12.8. The smallest absolute Gasteiger partial charge is 0.310 e. The lowest BCUT2D eigenvalue weighted by Gasteiger charge is -2.10. The zero-order valence-electron chi connectivity index (χ0n) is 9.57. The van der Waals surface area contributed by atoms with Crippen molar-refractivity contribution in [3.63, 3.8) is 0 Å². The second kappa shape index (κ2) is 4.59. The number of aliphatic carboxylic acids is 1. The fourth-order valence-electron chi connectivity index (χ4n) is 1.49. The Morgan fingerprint density at radius 1 is 1.61 bits per heavy atom. The molecule has 0 atom stereocenters. The number of hydrogen-bond donors (Lipinski definition) is 2.